The van der Waals surface area contributed by atoms with Gasteiger partial charge in [-0.2, -0.15) is 0 Å². The summed E-state index contributed by atoms with van der Waals surface area (Å²) in [5.74, 6) is 1.04. The molecule has 0 bridgehead atoms. The van der Waals surface area contributed by atoms with Crippen LogP contribution in [0.25, 0.3) is 0 Å². The van der Waals surface area contributed by atoms with Crippen molar-refractivity contribution in [2.45, 2.75) is 70.1 Å². The van der Waals surface area contributed by atoms with Crippen LogP contribution < -0.4 is 0 Å². The lowest BCUT2D eigenvalue weighted by Crippen LogP contribution is -2.43. The lowest BCUT2D eigenvalue weighted by Gasteiger charge is -2.25. The van der Waals surface area contributed by atoms with Gasteiger partial charge in [0.25, 0.3) is 0 Å². The normalized spacial score (nSPS) is 38.0. The van der Waals surface area contributed by atoms with Crippen LogP contribution in [0.2, 0.25) is 0 Å². The fourth-order valence-electron chi connectivity index (χ4n) is 2.52. The van der Waals surface area contributed by atoms with E-state index in [0.29, 0.717) is 6.61 Å². The highest BCUT2D eigenvalue weighted by Gasteiger charge is 2.51. The minimum atomic E-state index is -0.774. The molecule has 0 aromatic heterocycles. The second-order valence-corrected chi connectivity index (χ2v) is 5.91. The molecule has 2 aliphatic rings. The molecule has 2 aliphatic heterocycles. The standard InChI is InChI=1S/C14H22O5/c1-6-7-9(15)11-12(19-14(4,5)18-11)10-8-16-13(2,3)17-10/h1,9-12,15H,7-8H2,2-5H3/t9-,10-,11-,12-/m1/s1. The summed E-state index contributed by atoms with van der Waals surface area (Å²) in [4.78, 5) is 0. The molecule has 2 saturated heterocycles. The number of hydrogen-bond acceptors (Lipinski definition) is 5. The molecule has 2 fully saturated rings. The van der Waals surface area contributed by atoms with Crippen molar-refractivity contribution in [3.05, 3.63) is 0 Å². The van der Waals surface area contributed by atoms with Crippen molar-refractivity contribution in [1.82, 2.24) is 0 Å². The molecule has 0 radical (unpaired) electrons. The fourth-order valence-corrected chi connectivity index (χ4v) is 2.52. The zero-order valence-electron chi connectivity index (χ0n) is 11.9. The number of ether oxygens (including phenoxy) is 4. The predicted molar refractivity (Wildman–Crippen MR) is 68.2 cm³/mol. The van der Waals surface area contributed by atoms with Crippen molar-refractivity contribution in [2.24, 2.45) is 0 Å². The molecule has 0 unspecified atom stereocenters. The van der Waals surface area contributed by atoms with E-state index in [0.717, 1.165) is 0 Å². The summed E-state index contributed by atoms with van der Waals surface area (Å²) in [7, 11) is 0. The van der Waals surface area contributed by atoms with Crippen molar-refractivity contribution in [3.8, 4) is 12.3 Å². The van der Waals surface area contributed by atoms with Crippen LogP contribution in [0.1, 0.15) is 34.1 Å². The van der Waals surface area contributed by atoms with Crippen molar-refractivity contribution in [1.29, 1.82) is 0 Å². The Labute approximate surface area is 114 Å². The van der Waals surface area contributed by atoms with Gasteiger partial charge in [-0.25, -0.2) is 0 Å². The van der Waals surface area contributed by atoms with Gasteiger partial charge in [-0.1, -0.05) is 0 Å². The van der Waals surface area contributed by atoms with Gasteiger partial charge in [0, 0.05) is 6.42 Å². The smallest absolute Gasteiger partial charge is 0.164 e. The Balaban J connectivity index is 2.11. The Morgan fingerprint density at radius 1 is 1.21 bits per heavy atom. The average Bonchev–Trinajstić information content (AvgIpc) is 2.78. The highest BCUT2D eigenvalue weighted by molar-refractivity contribution is 4.98. The first-order valence-corrected chi connectivity index (χ1v) is 6.53. The second-order valence-electron chi connectivity index (χ2n) is 5.91. The molecule has 108 valence electrons. The van der Waals surface area contributed by atoms with Crippen molar-refractivity contribution in [2.75, 3.05) is 6.61 Å². The van der Waals surface area contributed by atoms with E-state index < -0.39 is 23.8 Å². The Morgan fingerprint density at radius 3 is 2.42 bits per heavy atom. The van der Waals surface area contributed by atoms with E-state index in [1.165, 1.54) is 0 Å². The van der Waals surface area contributed by atoms with Gasteiger partial charge in [-0.05, 0) is 27.7 Å². The maximum atomic E-state index is 10.1. The molecule has 5 nitrogen and oxygen atoms in total. The lowest BCUT2D eigenvalue weighted by molar-refractivity contribution is -0.175. The van der Waals surface area contributed by atoms with Crippen LogP contribution in [0.5, 0.6) is 0 Å². The maximum absolute atomic E-state index is 10.1. The van der Waals surface area contributed by atoms with Crippen molar-refractivity contribution in [3.63, 3.8) is 0 Å². The molecule has 0 saturated carbocycles. The second kappa shape index (κ2) is 5.04. The zero-order valence-corrected chi connectivity index (χ0v) is 11.9. The summed E-state index contributed by atoms with van der Waals surface area (Å²) in [6.45, 7) is 7.73. The van der Waals surface area contributed by atoms with E-state index in [2.05, 4.69) is 5.92 Å². The fraction of sp³-hybridized carbons (Fsp3) is 0.857. The first-order chi connectivity index (χ1) is 8.74. The van der Waals surface area contributed by atoms with Crippen molar-refractivity contribution < 1.29 is 24.1 Å². The van der Waals surface area contributed by atoms with Crippen LogP contribution >= 0.6 is 0 Å². The quantitative estimate of drug-likeness (QED) is 0.777. The Bertz CT molecular complexity index is 371. The van der Waals surface area contributed by atoms with Gasteiger partial charge in [-0.15, -0.1) is 12.3 Å². The number of terminal acetylenes is 1. The number of rotatable bonds is 3. The minimum Gasteiger partial charge on any atom is -0.389 e. The number of hydrogen-bond donors (Lipinski definition) is 1. The summed E-state index contributed by atoms with van der Waals surface area (Å²) in [5.41, 5.74) is 0. The van der Waals surface area contributed by atoms with Crippen LogP contribution in [0.3, 0.4) is 0 Å². The summed E-state index contributed by atoms with van der Waals surface area (Å²) >= 11 is 0. The third-order valence-electron chi connectivity index (χ3n) is 3.27. The van der Waals surface area contributed by atoms with Gasteiger partial charge in [0.2, 0.25) is 0 Å². The number of aliphatic hydroxyl groups is 1. The molecule has 0 aromatic rings. The van der Waals surface area contributed by atoms with Crippen molar-refractivity contribution >= 4 is 0 Å². The topological polar surface area (TPSA) is 57.2 Å². The highest BCUT2D eigenvalue weighted by Crippen LogP contribution is 2.37. The predicted octanol–water partition coefficient (Wildman–Crippen LogP) is 1.04. The Kier molecular flexibility index (Phi) is 3.92. The molecule has 0 spiro atoms. The van der Waals surface area contributed by atoms with E-state index in [1.54, 1.807) is 0 Å². The van der Waals surface area contributed by atoms with Crippen LogP contribution in [-0.2, 0) is 18.9 Å². The van der Waals surface area contributed by atoms with Gasteiger partial charge < -0.3 is 24.1 Å². The molecule has 0 aromatic carbocycles. The molecular formula is C14H22O5. The van der Waals surface area contributed by atoms with Crippen LogP contribution in [0, 0.1) is 12.3 Å². The van der Waals surface area contributed by atoms with Gasteiger partial charge in [0.15, 0.2) is 11.6 Å². The molecule has 4 atom stereocenters. The van der Waals surface area contributed by atoms with E-state index in [9.17, 15) is 5.11 Å². The Hall–Kier alpha value is -0.640. The first kappa shape index (κ1) is 14.8. The third-order valence-corrected chi connectivity index (χ3v) is 3.27. The molecule has 0 aliphatic carbocycles. The minimum absolute atomic E-state index is 0.220. The van der Waals surface area contributed by atoms with Gasteiger partial charge in [0.05, 0.1) is 12.7 Å². The summed E-state index contributed by atoms with van der Waals surface area (Å²) in [6.07, 6.45) is 3.53. The molecule has 2 rings (SSSR count). The molecule has 0 amide bonds. The van der Waals surface area contributed by atoms with Gasteiger partial charge >= 0.3 is 0 Å². The van der Waals surface area contributed by atoms with E-state index in [1.807, 2.05) is 27.7 Å². The molecule has 1 N–H and O–H groups in total. The maximum Gasteiger partial charge on any atom is 0.164 e. The molecule has 2 heterocycles. The summed E-state index contributed by atoms with van der Waals surface area (Å²) < 4.78 is 22.9. The summed E-state index contributed by atoms with van der Waals surface area (Å²) in [6, 6.07) is 0. The number of aliphatic hydroxyl groups excluding tert-OH is 1. The third kappa shape index (κ3) is 3.28. The Morgan fingerprint density at radius 2 is 1.89 bits per heavy atom. The van der Waals surface area contributed by atoms with E-state index >= 15 is 0 Å². The van der Waals surface area contributed by atoms with Gasteiger partial charge in [-0.3, -0.25) is 0 Å². The van der Waals surface area contributed by atoms with E-state index in [4.69, 9.17) is 25.4 Å². The monoisotopic (exact) mass is 270 g/mol. The first-order valence-electron chi connectivity index (χ1n) is 6.53. The van der Waals surface area contributed by atoms with Gasteiger partial charge in [0.1, 0.15) is 18.3 Å². The molecule has 19 heavy (non-hydrogen) atoms. The van der Waals surface area contributed by atoms with Crippen LogP contribution in [-0.4, -0.2) is 47.7 Å². The summed E-state index contributed by atoms with van der Waals surface area (Å²) in [5, 5.41) is 10.1. The SMILES string of the molecule is C#CC[C@@H](O)[C@H]1OC(C)(C)O[C@@H]1[C@H]1COC(C)(C)O1. The highest BCUT2D eigenvalue weighted by atomic mass is 16.8. The van der Waals surface area contributed by atoms with Crippen LogP contribution in [0.4, 0.5) is 0 Å². The average molecular weight is 270 g/mol. The largest absolute Gasteiger partial charge is 0.389 e. The molecule has 5 heteroatoms. The van der Waals surface area contributed by atoms with Crippen LogP contribution in [0.15, 0.2) is 0 Å². The lowest BCUT2D eigenvalue weighted by atomic mass is 10.0. The van der Waals surface area contributed by atoms with E-state index in [-0.39, 0.29) is 18.6 Å². The zero-order chi connectivity index (χ0) is 14.3. The molecular weight excluding hydrogens is 248 g/mol.